The molecule has 2 aromatic rings. The summed E-state index contributed by atoms with van der Waals surface area (Å²) >= 11 is 6.17. The molecule has 27 heavy (non-hydrogen) atoms. The van der Waals surface area contributed by atoms with Crippen molar-refractivity contribution in [3.8, 4) is 11.5 Å². The molecule has 0 aromatic heterocycles. The monoisotopic (exact) mass is 432 g/mol. The van der Waals surface area contributed by atoms with E-state index in [2.05, 4.69) is 10.4 Å². The molecular weight excluding hydrogens is 407 g/mol. The maximum atomic E-state index is 6.17. The third-order valence-corrected chi connectivity index (χ3v) is 4.89. The van der Waals surface area contributed by atoms with E-state index in [1.165, 1.54) is 12.0 Å². The van der Waals surface area contributed by atoms with E-state index in [0.29, 0.717) is 5.92 Å². The third kappa shape index (κ3) is 6.35. The van der Waals surface area contributed by atoms with Gasteiger partial charge in [-0.05, 0) is 61.1 Å². The van der Waals surface area contributed by atoms with E-state index in [1.807, 2.05) is 42.5 Å². The summed E-state index contributed by atoms with van der Waals surface area (Å²) in [6, 6.07) is 13.9. The van der Waals surface area contributed by atoms with Crippen LogP contribution in [-0.2, 0) is 6.42 Å². The lowest BCUT2D eigenvalue weighted by molar-refractivity contribution is 0.205. The van der Waals surface area contributed by atoms with Crippen molar-refractivity contribution in [2.24, 2.45) is 5.92 Å². The molecule has 0 bridgehead atoms. The molecule has 1 aliphatic heterocycles. The molecule has 1 unspecified atom stereocenters. The Labute approximate surface area is 179 Å². The van der Waals surface area contributed by atoms with E-state index in [4.69, 9.17) is 21.1 Å². The zero-order valence-electron chi connectivity index (χ0n) is 15.6. The number of ether oxygens (including phenoxy) is 2. The average Bonchev–Trinajstić information content (AvgIpc) is 2.63. The van der Waals surface area contributed by atoms with Crippen LogP contribution in [0.1, 0.15) is 18.4 Å². The number of nitrogens with zero attached hydrogens (tertiary/aromatic N) is 1. The van der Waals surface area contributed by atoms with Crippen molar-refractivity contribution < 1.29 is 9.47 Å². The number of piperidine rings is 1. The lowest BCUT2D eigenvalue weighted by Crippen LogP contribution is -2.40. The number of benzene rings is 2. The highest BCUT2D eigenvalue weighted by atomic mass is 35.5. The predicted molar refractivity (Wildman–Crippen MR) is 117 cm³/mol. The highest BCUT2D eigenvalue weighted by molar-refractivity contribution is 6.30. The molecule has 150 valence electrons. The summed E-state index contributed by atoms with van der Waals surface area (Å²) in [7, 11) is 3.41. The average molecular weight is 434 g/mol. The Hall–Kier alpha value is -1.33. The molecule has 0 spiro atoms. The molecule has 1 saturated heterocycles. The fourth-order valence-electron chi connectivity index (χ4n) is 3.46. The molecule has 0 amide bonds. The first-order chi connectivity index (χ1) is 12.2. The van der Waals surface area contributed by atoms with Crippen molar-refractivity contribution in [3.63, 3.8) is 0 Å². The summed E-state index contributed by atoms with van der Waals surface area (Å²) in [5, 5.41) is 3.04. The van der Waals surface area contributed by atoms with E-state index < -0.39 is 0 Å². The molecule has 1 aliphatic rings. The molecule has 1 heterocycles. The Kier molecular flexibility index (Phi) is 10.1. The number of hydrogen-bond acceptors (Lipinski definition) is 4. The number of methoxy groups -OCH3 is 2. The van der Waals surface area contributed by atoms with Gasteiger partial charge < -0.3 is 14.9 Å². The van der Waals surface area contributed by atoms with Gasteiger partial charge in [0.1, 0.15) is 11.5 Å². The maximum absolute atomic E-state index is 6.17. The van der Waals surface area contributed by atoms with Crippen LogP contribution in [0.4, 0.5) is 5.69 Å². The molecule has 7 heteroatoms. The SMILES string of the molecule is COc1ccc(Cl)cc1CC1CCCN(Nc2ccccc2OC)C1.Cl.Cl. The Morgan fingerprint density at radius 1 is 1.07 bits per heavy atom. The Bertz CT molecular complexity index is 715. The van der Waals surface area contributed by atoms with Crippen LogP contribution >= 0.6 is 36.4 Å². The van der Waals surface area contributed by atoms with Crippen molar-refractivity contribution in [1.82, 2.24) is 5.01 Å². The zero-order chi connectivity index (χ0) is 17.6. The van der Waals surface area contributed by atoms with Gasteiger partial charge in [0.05, 0.1) is 19.9 Å². The molecule has 0 aliphatic carbocycles. The molecule has 1 fully saturated rings. The smallest absolute Gasteiger partial charge is 0.143 e. The largest absolute Gasteiger partial charge is 0.496 e. The lowest BCUT2D eigenvalue weighted by atomic mass is 9.91. The lowest BCUT2D eigenvalue weighted by Gasteiger charge is -2.34. The summed E-state index contributed by atoms with van der Waals surface area (Å²) in [6.07, 6.45) is 3.34. The van der Waals surface area contributed by atoms with Gasteiger partial charge in [0.25, 0.3) is 0 Å². The van der Waals surface area contributed by atoms with Crippen molar-refractivity contribution in [1.29, 1.82) is 0 Å². The topological polar surface area (TPSA) is 33.7 Å². The Balaban J connectivity index is 0.00000182. The third-order valence-electron chi connectivity index (χ3n) is 4.66. The predicted octanol–water partition coefficient (Wildman–Crippen LogP) is 5.48. The van der Waals surface area contributed by atoms with Crippen LogP contribution in [0, 0.1) is 5.92 Å². The minimum Gasteiger partial charge on any atom is -0.496 e. The highest BCUT2D eigenvalue weighted by Gasteiger charge is 2.22. The molecule has 4 nitrogen and oxygen atoms in total. The summed E-state index contributed by atoms with van der Waals surface area (Å²) in [5.74, 6) is 2.34. The van der Waals surface area contributed by atoms with Crippen LogP contribution in [0.2, 0.25) is 5.02 Å². The van der Waals surface area contributed by atoms with Crippen molar-refractivity contribution in [2.45, 2.75) is 19.3 Å². The standard InChI is InChI=1S/C20H25ClN2O2.2ClH/c1-24-19-10-9-17(21)13-16(19)12-15-6-5-11-23(14-15)22-18-7-3-4-8-20(18)25-2;;/h3-4,7-10,13,15,22H,5-6,11-12,14H2,1-2H3;2*1H. The number of nitrogens with one attached hydrogen (secondary N) is 1. The minimum atomic E-state index is 0. The summed E-state index contributed by atoms with van der Waals surface area (Å²) in [6.45, 7) is 2.01. The molecule has 0 radical (unpaired) electrons. The van der Waals surface area contributed by atoms with Gasteiger partial charge in [-0.1, -0.05) is 23.7 Å². The first kappa shape index (κ1) is 23.7. The van der Waals surface area contributed by atoms with E-state index >= 15 is 0 Å². The molecule has 1 N–H and O–H groups in total. The van der Waals surface area contributed by atoms with Gasteiger partial charge in [-0.15, -0.1) is 24.8 Å². The normalized spacial score (nSPS) is 16.6. The summed E-state index contributed by atoms with van der Waals surface area (Å²) < 4.78 is 10.9. The first-order valence-corrected chi connectivity index (χ1v) is 9.04. The van der Waals surface area contributed by atoms with Gasteiger partial charge in [0.2, 0.25) is 0 Å². The van der Waals surface area contributed by atoms with Crippen molar-refractivity contribution >= 4 is 42.1 Å². The van der Waals surface area contributed by atoms with Gasteiger partial charge in [-0.3, -0.25) is 0 Å². The van der Waals surface area contributed by atoms with Gasteiger partial charge >= 0.3 is 0 Å². The molecule has 1 atom stereocenters. The van der Waals surface area contributed by atoms with Crippen LogP contribution in [0.3, 0.4) is 0 Å². The second-order valence-corrected chi connectivity index (χ2v) is 6.86. The number of hydrogen-bond donors (Lipinski definition) is 1. The molecular formula is C20H27Cl3N2O2. The van der Waals surface area contributed by atoms with Crippen LogP contribution in [-0.4, -0.2) is 32.3 Å². The quantitative estimate of drug-likeness (QED) is 0.654. The summed E-state index contributed by atoms with van der Waals surface area (Å²) in [5.41, 5.74) is 5.69. The summed E-state index contributed by atoms with van der Waals surface area (Å²) in [4.78, 5) is 0. The fourth-order valence-corrected chi connectivity index (χ4v) is 3.65. The Morgan fingerprint density at radius 3 is 2.56 bits per heavy atom. The van der Waals surface area contributed by atoms with Gasteiger partial charge in [0, 0.05) is 18.1 Å². The zero-order valence-corrected chi connectivity index (χ0v) is 18.0. The van der Waals surface area contributed by atoms with E-state index in [0.717, 1.165) is 48.1 Å². The van der Waals surface area contributed by atoms with Crippen LogP contribution in [0.15, 0.2) is 42.5 Å². The van der Waals surface area contributed by atoms with Gasteiger partial charge in [-0.2, -0.15) is 0 Å². The van der Waals surface area contributed by atoms with E-state index in [1.54, 1.807) is 14.2 Å². The van der Waals surface area contributed by atoms with E-state index in [9.17, 15) is 0 Å². The highest BCUT2D eigenvalue weighted by Crippen LogP contribution is 2.30. The fraction of sp³-hybridized carbons (Fsp3) is 0.400. The molecule has 3 rings (SSSR count). The van der Waals surface area contributed by atoms with Crippen molar-refractivity contribution in [3.05, 3.63) is 53.1 Å². The molecule has 2 aromatic carbocycles. The van der Waals surface area contributed by atoms with Gasteiger partial charge in [-0.25, -0.2) is 5.01 Å². The number of anilines is 1. The van der Waals surface area contributed by atoms with Crippen LogP contribution in [0.5, 0.6) is 11.5 Å². The maximum Gasteiger partial charge on any atom is 0.143 e. The second-order valence-electron chi connectivity index (χ2n) is 6.43. The van der Waals surface area contributed by atoms with E-state index in [-0.39, 0.29) is 24.8 Å². The first-order valence-electron chi connectivity index (χ1n) is 8.66. The van der Waals surface area contributed by atoms with Gasteiger partial charge in [0.15, 0.2) is 0 Å². The molecule has 0 saturated carbocycles. The minimum absolute atomic E-state index is 0. The Morgan fingerprint density at radius 2 is 1.81 bits per heavy atom. The second kappa shape index (κ2) is 11.5. The number of hydrazine groups is 1. The number of rotatable bonds is 6. The van der Waals surface area contributed by atoms with Crippen molar-refractivity contribution in [2.75, 3.05) is 32.7 Å². The number of halogens is 3. The van der Waals surface area contributed by atoms with Crippen LogP contribution in [0.25, 0.3) is 0 Å². The van der Waals surface area contributed by atoms with Crippen LogP contribution < -0.4 is 14.9 Å². The number of para-hydroxylation sites is 2.